The lowest BCUT2D eigenvalue weighted by Crippen LogP contribution is -1.91. The van der Waals surface area contributed by atoms with Crippen molar-refractivity contribution in [2.24, 2.45) is 0 Å². The van der Waals surface area contributed by atoms with E-state index >= 15 is 0 Å². The van der Waals surface area contributed by atoms with Gasteiger partial charge in [-0.2, -0.15) is 0 Å². The minimum atomic E-state index is -1.06. The molecule has 0 saturated carbocycles. The second-order valence-corrected chi connectivity index (χ2v) is 3.91. The topological polar surface area (TPSA) is 0 Å². The van der Waals surface area contributed by atoms with Gasteiger partial charge in [-0.1, -0.05) is 38.4 Å². The van der Waals surface area contributed by atoms with E-state index in [2.05, 4.69) is 38.4 Å². The van der Waals surface area contributed by atoms with Crippen molar-refractivity contribution in [2.75, 3.05) is 0 Å². The Morgan fingerprint density at radius 1 is 1.50 bits per heavy atom. The summed E-state index contributed by atoms with van der Waals surface area (Å²) < 4.78 is 24.7. The SMILES string of the molecule is C=C(F)/C(F)=C(\Br)C(C)Br. The number of hydrogen-bond acceptors (Lipinski definition) is 0. The van der Waals surface area contributed by atoms with Crippen LogP contribution in [-0.4, -0.2) is 4.83 Å². The summed E-state index contributed by atoms with van der Waals surface area (Å²) in [4.78, 5) is -0.236. The van der Waals surface area contributed by atoms with Crippen LogP contribution in [0, 0.1) is 0 Å². The van der Waals surface area contributed by atoms with Crippen LogP contribution in [0.1, 0.15) is 6.92 Å². The molecule has 0 aliphatic rings. The fourth-order valence-electron chi connectivity index (χ4n) is 0.304. The molecule has 0 bridgehead atoms. The molecule has 0 aromatic rings. The van der Waals surface area contributed by atoms with Gasteiger partial charge in [0, 0.05) is 9.31 Å². The molecule has 1 atom stereocenters. The summed E-state index contributed by atoms with van der Waals surface area (Å²) >= 11 is 5.92. The van der Waals surface area contributed by atoms with Crippen molar-refractivity contribution in [1.29, 1.82) is 0 Å². The molecule has 0 aliphatic heterocycles. The Morgan fingerprint density at radius 3 is 2.00 bits per heavy atom. The monoisotopic (exact) mass is 274 g/mol. The van der Waals surface area contributed by atoms with Crippen LogP contribution in [-0.2, 0) is 0 Å². The van der Waals surface area contributed by atoms with E-state index in [-0.39, 0.29) is 9.31 Å². The lowest BCUT2D eigenvalue weighted by molar-refractivity contribution is 0.544. The molecule has 0 saturated heterocycles. The number of alkyl halides is 1. The van der Waals surface area contributed by atoms with Gasteiger partial charge in [0.15, 0.2) is 11.7 Å². The molecule has 0 aromatic heterocycles. The first kappa shape index (κ1) is 10.3. The minimum absolute atomic E-state index is 0.139. The third-order valence-corrected chi connectivity index (χ3v) is 2.90. The molecule has 0 radical (unpaired) electrons. The summed E-state index contributed by atoms with van der Waals surface area (Å²) in [5.74, 6) is -2.00. The number of hydrogen-bond donors (Lipinski definition) is 0. The molecule has 0 heterocycles. The van der Waals surface area contributed by atoms with Gasteiger partial charge in [0.1, 0.15) is 0 Å². The molecule has 0 aliphatic carbocycles. The molecule has 0 N–H and O–H groups in total. The van der Waals surface area contributed by atoms with Gasteiger partial charge in [-0.05, 0) is 6.92 Å². The molecule has 58 valence electrons. The van der Waals surface area contributed by atoms with Gasteiger partial charge in [-0.15, -0.1) is 0 Å². The van der Waals surface area contributed by atoms with Gasteiger partial charge < -0.3 is 0 Å². The molecule has 0 aromatic carbocycles. The van der Waals surface area contributed by atoms with Crippen molar-refractivity contribution in [2.45, 2.75) is 11.8 Å². The van der Waals surface area contributed by atoms with Crippen LogP contribution in [0.3, 0.4) is 0 Å². The van der Waals surface area contributed by atoms with Crippen LogP contribution in [0.4, 0.5) is 8.78 Å². The summed E-state index contributed by atoms with van der Waals surface area (Å²) in [6.07, 6.45) is 0. The summed E-state index contributed by atoms with van der Waals surface area (Å²) in [6.45, 7) is 4.48. The Bertz CT molecular complexity index is 173. The van der Waals surface area contributed by atoms with E-state index in [4.69, 9.17) is 0 Å². The summed E-state index contributed by atoms with van der Waals surface area (Å²) in [7, 11) is 0. The highest BCUT2D eigenvalue weighted by Gasteiger charge is 2.10. The normalized spacial score (nSPS) is 16.1. The Kier molecular flexibility index (Phi) is 4.36. The van der Waals surface area contributed by atoms with E-state index in [0.29, 0.717) is 0 Å². The second kappa shape index (κ2) is 4.23. The van der Waals surface area contributed by atoms with Crippen LogP contribution in [0.2, 0.25) is 0 Å². The molecule has 0 fully saturated rings. The molecule has 0 amide bonds. The van der Waals surface area contributed by atoms with Gasteiger partial charge in [0.25, 0.3) is 0 Å². The van der Waals surface area contributed by atoms with Crippen molar-refractivity contribution in [3.05, 3.63) is 22.7 Å². The maximum Gasteiger partial charge on any atom is 0.169 e. The average Bonchev–Trinajstić information content (AvgIpc) is 1.84. The molecular weight excluding hydrogens is 270 g/mol. The fourth-order valence-corrected chi connectivity index (χ4v) is 0.720. The Labute approximate surface area is 75.3 Å². The number of halogens is 4. The van der Waals surface area contributed by atoms with Gasteiger partial charge >= 0.3 is 0 Å². The highest BCUT2D eigenvalue weighted by Crippen LogP contribution is 2.27. The molecule has 10 heavy (non-hydrogen) atoms. The molecular formula is C6H6Br2F2. The smallest absolute Gasteiger partial charge is 0.169 e. The van der Waals surface area contributed by atoms with Crippen molar-refractivity contribution in [3.63, 3.8) is 0 Å². The Morgan fingerprint density at radius 2 is 1.90 bits per heavy atom. The van der Waals surface area contributed by atoms with E-state index in [9.17, 15) is 8.78 Å². The van der Waals surface area contributed by atoms with Gasteiger partial charge in [-0.25, -0.2) is 8.78 Å². The quantitative estimate of drug-likeness (QED) is 0.531. The predicted molar refractivity (Wildman–Crippen MR) is 45.7 cm³/mol. The number of allylic oxidation sites excluding steroid dienone is 3. The highest BCUT2D eigenvalue weighted by atomic mass is 79.9. The summed E-state index contributed by atoms with van der Waals surface area (Å²) in [5.41, 5.74) is 0. The van der Waals surface area contributed by atoms with Gasteiger partial charge in [-0.3, -0.25) is 0 Å². The van der Waals surface area contributed by atoms with E-state index in [0.717, 1.165) is 0 Å². The standard InChI is InChI=1S/C6H6Br2F2/c1-3(7)5(8)6(10)4(2)9/h3H,2H2,1H3/b6-5+. The fraction of sp³-hybridized carbons (Fsp3) is 0.333. The lowest BCUT2D eigenvalue weighted by Gasteiger charge is -2.01. The maximum atomic E-state index is 12.5. The van der Waals surface area contributed by atoms with Crippen molar-refractivity contribution < 1.29 is 8.78 Å². The first-order valence-corrected chi connectivity index (χ1v) is 4.21. The van der Waals surface area contributed by atoms with E-state index in [1.165, 1.54) is 0 Å². The van der Waals surface area contributed by atoms with E-state index in [1.807, 2.05) is 0 Å². The van der Waals surface area contributed by atoms with Crippen LogP contribution >= 0.6 is 31.9 Å². The Hall–Kier alpha value is 0.300. The third kappa shape index (κ3) is 2.92. The molecule has 4 heteroatoms. The average molecular weight is 276 g/mol. The van der Waals surface area contributed by atoms with Crippen LogP contribution < -0.4 is 0 Å². The van der Waals surface area contributed by atoms with Crippen LogP contribution in [0.5, 0.6) is 0 Å². The predicted octanol–water partition coefficient (Wildman–Crippen LogP) is 3.83. The maximum absolute atomic E-state index is 12.5. The minimum Gasteiger partial charge on any atom is -0.204 e. The van der Waals surface area contributed by atoms with Gasteiger partial charge in [0.05, 0.1) is 0 Å². The molecule has 0 nitrogen and oxygen atoms in total. The van der Waals surface area contributed by atoms with Crippen molar-refractivity contribution in [3.8, 4) is 0 Å². The largest absolute Gasteiger partial charge is 0.204 e. The summed E-state index contributed by atoms with van der Waals surface area (Å²) in [6, 6.07) is 0. The zero-order valence-corrected chi connectivity index (χ0v) is 8.47. The summed E-state index contributed by atoms with van der Waals surface area (Å²) in [5, 5.41) is 0. The molecule has 0 rings (SSSR count). The van der Waals surface area contributed by atoms with Crippen molar-refractivity contribution >= 4 is 31.9 Å². The third-order valence-electron chi connectivity index (χ3n) is 0.797. The van der Waals surface area contributed by atoms with Gasteiger partial charge in [0.2, 0.25) is 0 Å². The lowest BCUT2D eigenvalue weighted by atomic mass is 10.4. The van der Waals surface area contributed by atoms with E-state index < -0.39 is 11.7 Å². The number of rotatable bonds is 2. The van der Waals surface area contributed by atoms with E-state index in [1.54, 1.807) is 6.92 Å². The second-order valence-electron chi connectivity index (χ2n) is 1.68. The zero-order valence-electron chi connectivity index (χ0n) is 5.30. The highest BCUT2D eigenvalue weighted by molar-refractivity contribution is 9.14. The molecule has 1 unspecified atom stereocenters. The first-order valence-electron chi connectivity index (χ1n) is 2.50. The first-order chi connectivity index (χ1) is 4.46. The van der Waals surface area contributed by atoms with Crippen LogP contribution in [0.25, 0.3) is 0 Å². The molecule has 0 spiro atoms. The Balaban J connectivity index is 4.50. The van der Waals surface area contributed by atoms with Crippen LogP contribution in [0.15, 0.2) is 22.7 Å². The van der Waals surface area contributed by atoms with Crippen molar-refractivity contribution in [1.82, 2.24) is 0 Å². The zero-order chi connectivity index (χ0) is 8.31.